The molecule has 1 saturated carbocycles. The monoisotopic (exact) mass is 405 g/mol. The number of imidazole rings is 1. The Bertz CT molecular complexity index is 1260. The van der Waals surface area contributed by atoms with E-state index in [4.69, 9.17) is 4.52 Å². The highest BCUT2D eigenvalue weighted by Crippen LogP contribution is 2.40. The first kappa shape index (κ1) is 18.5. The van der Waals surface area contributed by atoms with Gasteiger partial charge in [-0.1, -0.05) is 24.2 Å². The van der Waals surface area contributed by atoms with E-state index in [9.17, 15) is 9.18 Å². The number of aromatic nitrogens is 4. The number of carbonyl (C=O) groups is 1. The Hall–Kier alpha value is -3.55. The topological polar surface area (TPSA) is 85.3 Å². The number of hydrogen-bond donors (Lipinski definition) is 1. The average Bonchev–Trinajstić information content (AvgIpc) is 3.34. The van der Waals surface area contributed by atoms with Crippen LogP contribution in [0, 0.1) is 18.7 Å². The predicted octanol–water partition coefficient (Wildman–Crippen LogP) is 4.60. The molecule has 5 rings (SSSR count). The maximum absolute atomic E-state index is 13.6. The van der Waals surface area contributed by atoms with E-state index >= 15 is 0 Å². The van der Waals surface area contributed by atoms with E-state index in [1.807, 2.05) is 25.1 Å². The van der Waals surface area contributed by atoms with Gasteiger partial charge in [-0.25, -0.2) is 9.37 Å². The molecule has 0 atom stereocenters. The van der Waals surface area contributed by atoms with Gasteiger partial charge in [-0.2, -0.15) is 4.98 Å². The SMILES string of the molecule is Cc1ccc(-c2noc([C@H]3C[C@H](C)C3)n2)cc1NC(=O)c1cnc2ccc(F)cn12. The number of hydrogen-bond acceptors (Lipinski definition) is 5. The molecule has 1 fully saturated rings. The lowest BCUT2D eigenvalue weighted by Gasteiger charge is -2.29. The van der Waals surface area contributed by atoms with Gasteiger partial charge in [0.1, 0.15) is 17.2 Å². The molecule has 1 amide bonds. The third-order valence-corrected chi connectivity index (χ3v) is 5.61. The lowest BCUT2D eigenvalue weighted by Crippen LogP contribution is -2.19. The van der Waals surface area contributed by atoms with Crippen molar-refractivity contribution in [3.8, 4) is 11.4 Å². The van der Waals surface area contributed by atoms with Crippen LogP contribution in [0.4, 0.5) is 10.1 Å². The van der Waals surface area contributed by atoms with E-state index in [0.717, 1.165) is 24.0 Å². The molecule has 152 valence electrons. The molecule has 1 aromatic carbocycles. The Kier molecular flexibility index (Phi) is 4.34. The average molecular weight is 405 g/mol. The maximum Gasteiger partial charge on any atom is 0.274 e. The fourth-order valence-corrected chi connectivity index (χ4v) is 3.83. The molecule has 3 heterocycles. The van der Waals surface area contributed by atoms with Gasteiger partial charge in [0.15, 0.2) is 0 Å². The lowest BCUT2D eigenvalue weighted by atomic mass is 9.76. The van der Waals surface area contributed by atoms with Crippen LogP contribution in [0.2, 0.25) is 0 Å². The van der Waals surface area contributed by atoms with Gasteiger partial charge in [0.25, 0.3) is 5.91 Å². The van der Waals surface area contributed by atoms with Crippen molar-refractivity contribution < 1.29 is 13.7 Å². The predicted molar refractivity (Wildman–Crippen MR) is 109 cm³/mol. The van der Waals surface area contributed by atoms with Gasteiger partial charge in [-0.05, 0) is 49.4 Å². The Morgan fingerprint density at radius 2 is 2.10 bits per heavy atom. The number of nitrogens with zero attached hydrogens (tertiary/aromatic N) is 4. The van der Waals surface area contributed by atoms with Crippen molar-refractivity contribution >= 4 is 17.2 Å². The van der Waals surface area contributed by atoms with Gasteiger partial charge in [-0.3, -0.25) is 9.20 Å². The number of rotatable bonds is 4. The number of aryl methyl sites for hydroxylation is 1. The van der Waals surface area contributed by atoms with Crippen molar-refractivity contribution in [1.82, 2.24) is 19.5 Å². The van der Waals surface area contributed by atoms with Crippen molar-refractivity contribution in [3.05, 3.63) is 65.7 Å². The second-order valence-electron chi connectivity index (χ2n) is 7.93. The molecule has 0 unspecified atom stereocenters. The highest BCUT2D eigenvalue weighted by molar-refractivity contribution is 6.04. The van der Waals surface area contributed by atoms with E-state index in [0.29, 0.717) is 34.9 Å². The van der Waals surface area contributed by atoms with Crippen molar-refractivity contribution in [2.24, 2.45) is 5.92 Å². The third-order valence-electron chi connectivity index (χ3n) is 5.61. The summed E-state index contributed by atoms with van der Waals surface area (Å²) in [6, 6.07) is 8.43. The Labute approximate surface area is 171 Å². The molecular weight excluding hydrogens is 385 g/mol. The molecule has 0 aliphatic heterocycles. The van der Waals surface area contributed by atoms with Crippen LogP contribution in [0.5, 0.6) is 0 Å². The number of halogens is 1. The number of pyridine rings is 1. The van der Waals surface area contributed by atoms with Gasteiger partial charge < -0.3 is 9.84 Å². The summed E-state index contributed by atoms with van der Waals surface area (Å²) in [7, 11) is 0. The van der Waals surface area contributed by atoms with Crippen LogP contribution in [-0.4, -0.2) is 25.4 Å². The summed E-state index contributed by atoms with van der Waals surface area (Å²) in [6.45, 7) is 4.10. The minimum atomic E-state index is -0.443. The van der Waals surface area contributed by atoms with E-state index in [1.165, 1.54) is 28.9 Å². The molecule has 0 radical (unpaired) electrons. The van der Waals surface area contributed by atoms with Gasteiger partial charge in [0, 0.05) is 23.4 Å². The molecule has 1 N–H and O–H groups in total. The van der Waals surface area contributed by atoms with Crippen LogP contribution in [0.3, 0.4) is 0 Å². The molecule has 4 aromatic rings. The molecule has 7 nitrogen and oxygen atoms in total. The van der Waals surface area contributed by atoms with E-state index in [1.54, 1.807) is 0 Å². The highest BCUT2D eigenvalue weighted by atomic mass is 19.1. The van der Waals surface area contributed by atoms with E-state index in [2.05, 4.69) is 27.4 Å². The summed E-state index contributed by atoms with van der Waals surface area (Å²) in [5.74, 6) is 1.37. The van der Waals surface area contributed by atoms with E-state index in [-0.39, 0.29) is 11.6 Å². The van der Waals surface area contributed by atoms with Crippen molar-refractivity contribution in [1.29, 1.82) is 0 Å². The summed E-state index contributed by atoms with van der Waals surface area (Å²) >= 11 is 0. The van der Waals surface area contributed by atoms with Gasteiger partial charge >= 0.3 is 0 Å². The molecule has 1 aliphatic carbocycles. The second kappa shape index (κ2) is 7.05. The minimum absolute atomic E-state index is 0.246. The summed E-state index contributed by atoms with van der Waals surface area (Å²) in [5.41, 5.74) is 2.99. The fourth-order valence-electron chi connectivity index (χ4n) is 3.83. The Morgan fingerprint density at radius 3 is 2.90 bits per heavy atom. The van der Waals surface area contributed by atoms with E-state index < -0.39 is 5.82 Å². The first-order chi connectivity index (χ1) is 14.5. The highest BCUT2D eigenvalue weighted by Gasteiger charge is 2.31. The number of benzene rings is 1. The fraction of sp³-hybridized carbons (Fsp3) is 0.273. The summed E-state index contributed by atoms with van der Waals surface area (Å²) < 4.78 is 20.5. The maximum atomic E-state index is 13.6. The first-order valence-corrected chi connectivity index (χ1v) is 9.86. The molecular formula is C22H20FN5O2. The van der Waals surface area contributed by atoms with Crippen LogP contribution in [0.15, 0.2) is 47.2 Å². The zero-order chi connectivity index (χ0) is 20.8. The summed E-state index contributed by atoms with van der Waals surface area (Å²) in [5, 5.41) is 6.99. The molecule has 0 saturated heterocycles. The van der Waals surface area contributed by atoms with Crippen LogP contribution in [0.25, 0.3) is 17.0 Å². The Morgan fingerprint density at radius 1 is 1.27 bits per heavy atom. The summed E-state index contributed by atoms with van der Waals surface area (Å²) in [6.07, 6.45) is 4.80. The first-order valence-electron chi connectivity index (χ1n) is 9.86. The smallest absolute Gasteiger partial charge is 0.274 e. The number of nitrogens with one attached hydrogen (secondary N) is 1. The van der Waals surface area contributed by atoms with Crippen LogP contribution >= 0.6 is 0 Å². The number of amides is 1. The number of fused-ring (bicyclic) bond motifs is 1. The molecule has 3 aromatic heterocycles. The minimum Gasteiger partial charge on any atom is -0.339 e. The quantitative estimate of drug-likeness (QED) is 0.536. The van der Waals surface area contributed by atoms with Gasteiger partial charge in [0.05, 0.1) is 6.20 Å². The van der Waals surface area contributed by atoms with Crippen LogP contribution in [-0.2, 0) is 0 Å². The van der Waals surface area contributed by atoms with Crippen molar-refractivity contribution in [2.45, 2.75) is 32.6 Å². The van der Waals surface area contributed by atoms with Crippen molar-refractivity contribution in [2.75, 3.05) is 5.32 Å². The zero-order valence-corrected chi connectivity index (χ0v) is 16.6. The molecule has 8 heteroatoms. The standard InChI is InChI=1S/C22H20FN5O2/c1-12-7-15(8-12)22-26-20(27-30-22)14-4-3-13(2)17(9-14)25-21(29)18-10-24-19-6-5-16(23)11-28(18)19/h3-6,9-12,15H,7-8H2,1-2H3,(H,25,29)/t12-,15-. The van der Waals surface area contributed by atoms with Gasteiger partial charge in [0.2, 0.25) is 11.7 Å². The zero-order valence-electron chi connectivity index (χ0n) is 16.6. The number of anilines is 1. The molecule has 0 spiro atoms. The van der Waals surface area contributed by atoms with Crippen LogP contribution < -0.4 is 5.32 Å². The Balaban J connectivity index is 1.41. The molecule has 0 bridgehead atoms. The lowest BCUT2D eigenvalue weighted by molar-refractivity contribution is 0.102. The number of carbonyl (C=O) groups excluding carboxylic acids is 1. The van der Waals surface area contributed by atoms with Gasteiger partial charge in [-0.15, -0.1) is 0 Å². The third kappa shape index (κ3) is 3.24. The summed E-state index contributed by atoms with van der Waals surface area (Å²) in [4.78, 5) is 21.5. The largest absolute Gasteiger partial charge is 0.339 e. The van der Waals surface area contributed by atoms with Crippen molar-refractivity contribution in [3.63, 3.8) is 0 Å². The second-order valence-corrected chi connectivity index (χ2v) is 7.93. The normalized spacial score (nSPS) is 18.4. The molecule has 30 heavy (non-hydrogen) atoms. The van der Waals surface area contributed by atoms with Crippen LogP contribution in [0.1, 0.15) is 47.6 Å². The molecule has 1 aliphatic rings.